The molecule has 0 unspecified atom stereocenters. The van der Waals surface area contributed by atoms with E-state index in [0.717, 1.165) is 16.8 Å². The first kappa shape index (κ1) is 18.4. The number of aromatic amines is 1. The largest absolute Gasteiger partial charge is 0.328 e. The number of para-hydroxylation sites is 1. The summed E-state index contributed by atoms with van der Waals surface area (Å²) in [6, 6.07) is 18.7. The smallest absolute Gasteiger partial charge is 0.323 e. The highest BCUT2D eigenvalue weighted by Gasteiger charge is 2.17. The lowest BCUT2D eigenvalue weighted by molar-refractivity contribution is 0.258. The molecule has 2 aromatic carbocycles. The van der Waals surface area contributed by atoms with Crippen molar-refractivity contribution in [3.63, 3.8) is 0 Å². The number of nitrogens with one attached hydrogen (secondary N) is 2. The summed E-state index contributed by atoms with van der Waals surface area (Å²) in [6.07, 6.45) is 3.35. The summed E-state index contributed by atoms with van der Waals surface area (Å²) in [5.74, 6) is -0.0309. The Morgan fingerprint density at radius 3 is 2.34 bits per heavy atom. The minimum atomic E-state index is -0.336. The van der Waals surface area contributed by atoms with Crippen LogP contribution in [-0.2, 0) is 0 Å². The molecular weight excluding hydrogens is 369 g/mol. The van der Waals surface area contributed by atoms with E-state index in [2.05, 4.69) is 20.3 Å². The molecule has 0 aliphatic carbocycles. The number of amides is 2. The topological polar surface area (TPSA) is 73.9 Å². The fourth-order valence-electron chi connectivity index (χ4n) is 2.93. The highest BCUT2D eigenvalue weighted by atomic mass is 19.1. The standard InChI is InChI=1S/C22H18FN5O/c1-28(18-5-3-2-4-6-18)22(29)27-21-25-19(15-7-9-17(23)10-8-15)20(26-21)16-11-13-24-14-12-16/h2-14H,1H3,(H2,25,26,27,29). The van der Waals surface area contributed by atoms with E-state index >= 15 is 0 Å². The predicted molar refractivity (Wildman–Crippen MR) is 111 cm³/mol. The molecule has 4 rings (SSSR count). The molecule has 144 valence electrons. The van der Waals surface area contributed by atoms with E-state index < -0.39 is 0 Å². The number of aromatic nitrogens is 3. The van der Waals surface area contributed by atoms with E-state index in [1.165, 1.54) is 17.0 Å². The number of H-pyrrole nitrogens is 1. The summed E-state index contributed by atoms with van der Waals surface area (Å²) in [5.41, 5.74) is 3.64. The lowest BCUT2D eigenvalue weighted by Crippen LogP contribution is -2.31. The zero-order valence-corrected chi connectivity index (χ0v) is 15.6. The lowest BCUT2D eigenvalue weighted by Gasteiger charge is -2.16. The number of benzene rings is 2. The van der Waals surface area contributed by atoms with Crippen LogP contribution in [0.3, 0.4) is 0 Å². The van der Waals surface area contributed by atoms with Crippen LogP contribution >= 0.6 is 0 Å². The van der Waals surface area contributed by atoms with Gasteiger partial charge in [-0.05, 0) is 48.5 Å². The minimum absolute atomic E-state index is 0.295. The number of rotatable bonds is 4. The SMILES string of the molecule is CN(C(=O)Nc1nc(-c2ccc(F)cc2)c(-c2ccncc2)[nH]1)c1ccccc1. The molecule has 2 aromatic heterocycles. The zero-order chi connectivity index (χ0) is 20.2. The van der Waals surface area contributed by atoms with Gasteiger partial charge in [-0.15, -0.1) is 0 Å². The molecule has 0 fully saturated rings. The Kier molecular flexibility index (Phi) is 5.03. The number of hydrogen-bond donors (Lipinski definition) is 2. The average Bonchev–Trinajstić information content (AvgIpc) is 3.18. The number of hydrogen-bond acceptors (Lipinski definition) is 3. The van der Waals surface area contributed by atoms with E-state index in [1.54, 1.807) is 31.6 Å². The Labute approximate surface area is 167 Å². The van der Waals surface area contributed by atoms with Crippen LogP contribution in [0.25, 0.3) is 22.5 Å². The van der Waals surface area contributed by atoms with Crippen LogP contribution in [0.15, 0.2) is 79.1 Å². The van der Waals surface area contributed by atoms with Crippen LogP contribution in [0, 0.1) is 5.82 Å². The van der Waals surface area contributed by atoms with Crippen molar-refractivity contribution in [2.75, 3.05) is 17.3 Å². The molecule has 29 heavy (non-hydrogen) atoms. The second kappa shape index (κ2) is 7.93. The van der Waals surface area contributed by atoms with Gasteiger partial charge in [0.1, 0.15) is 5.82 Å². The van der Waals surface area contributed by atoms with Crippen molar-refractivity contribution >= 4 is 17.7 Å². The van der Waals surface area contributed by atoms with Crippen LogP contribution in [-0.4, -0.2) is 28.0 Å². The van der Waals surface area contributed by atoms with Gasteiger partial charge in [0, 0.05) is 36.3 Å². The number of anilines is 2. The fourth-order valence-corrected chi connectivity index (χ4v) is 2.93. The van der Waals surface area contributed by atoms with Gasteiger partial charge in [-0.3, -0.25) is 15.2 Å². The quantitative estimate of drug-likeness (QED) is 0.521. The van der Waals surface area contributed by atoms with E-state index in [1.807, 2.05) is 42.5 Å². The van der Waals surface area contributed by atoms with Crippen molar-refractivity contribution in [2.45, 2.75) is 0 Å². The summed E-state index contributed by atoms with van der Waals surface area (Å²) in [6.45, 7) is 0. The highest BCUT2D eigenvalue weighted by molar-refractivity contribution is 6.00. The predicted octanol–water partition coefficient (Wildman–Crippen LogP) is 4.95. The Hall–Kier alpha value is -4.00. The molecule has 0 atom stereocenters. The van der Waals surface area contributed by atoms with E-state index in [0.29, 0.717) is 17.3 Å². The van der Waals surface area contributed by atoms with Gasteiger partial charge >= 0.3 is 6.03 Å². The van der Waals surface area contributed by atoms with Gasteiger partial charge < -0.3 is 4.98 Å². The van der Waals surface area contributed by atoms with Crippen molar-refractivity contribution in [3.05, 3.63) is 84.9 Å². The van der Waals surface area contributed by atoms with Gasteiger partial charge in [-0.25, -0.2) is 14.2 Å². The molecule has 6 nitrogen and oxygen atoms in total. The summed E-state index contributed by atoms with van der Waals surface area (Å²) in [4.78, 5) is 25.9. The summed E-state index contributed by atoms with van der Waals surface area (Å²) >= 11 is 0. The van der Waals surface area contributed by atoms with Gasteiger partial charge in [-0.2, -0.15) is 0 Å². The molecule has 0 saturated carbocycles. The molecule has 0 bridgehead atoms. The second-order valence-corrected chi connectivity index (χ2v) is 6.38. The van der Waals surface area contributed by atoms with Crippen LogP contribution in [0.4, 0.5) is 20.8 Å². The molecule has 2 N–H and O–H groups in total. The minimum Gasteiger partial charge on any atom is -0.323 e. The number of carbonyl (C=O) groups is 1. The lowest BCUT2D eigenvalue weighted by atomic mass is 10.1. The number of carbonyl (C=O) groups excluding carboxylic acids is 1. The third kappa shape index (κ3) is 3.98. The molecule has 0 spiro atoms. The maximum atomic E-state index is 13.4. The van der Waals surface area contributed by atoms with E-state index in [-0.39, 0.29) is 11.8 Å². The van der Waals surface area contributed by atoms with Crippen LogP contribution in [0.1, 0.15) is 0 Å². The Bertz CT molecular complexity index is 1110. The van der Waals surface area contributed by atoms with Crippen LogP contribution in [0.5, 0.6) is 0 Å². The number of pyridine rings is 1. The molecule has 2 heterocycles. The molecule has 0 aliphatic heterocycles. The fraction of sp³-hybridized carbons (Fsp3) is 0.0455. The Morgan fingerprint density at radius 2 is 1.66 bits per heavy atom. The zero-order valence-electron chi connectivity index (χ0n) is 15.6. The first-order valence-electron chi connectivity index (χ1n) is 8.98. The van der Waals surface area contributed by atoms with Crippen molar-refractivity contribution < 1.29 is 9.18 Å². The normalized spacial score (nSPS) is 10.6. The Balaban J connectivity index is 1.68. The molecule has 0 saturated heterocycles. The first-order chi connectivity index (χ1) is 14.1. The number of nitrogens with zero attached hydrogens (tertiary/aromatic N) is 3. The third-order valence-electron chi connectivity index (χ3n) is 4.46. The number of urea groups is 1. The maximum absolute atomic E-state index is 13.4. The van der Waals surface area contributed by atoms with Gasteiger partial charge in [0.15, 0.2) is 0 Å². The van der Waals surface area contributed by atoms with Gasteiger partial charge in [-0.1, -0.05) is 18.2 Å². The molecule has 7 heteroatoms. The highest BCUT2D eigenvalue weighted by Crippen LogP contribution is 2.31. The van der Waals surface area contributed by atoms with E-state index in [4.69, 9.17) is 0 Å². The summed E-state index contributed by atoms with van der Waals surface area (Å²) < 4.78 is 13.4. The second-order valence-electron chi connectivity index (χ2n) is 6.38. The van der Waals surface area contributed by atoms with Gasteiger partial charge in [0.2, 0.25) is 5.95 Å². The molecular formula is C22H18FN5O. The van der Waals surface area contributed by atoms with Crippen molar-refractivity contribution in [1.82, 2.24) is 15.0 Å². The molecule has 0 radical (unpaired) electrons. The number of halogens is 1. The Morgan fingerprint density at radius 1 is 0.966 bits per heavy atom. The van der Waals surface area contributed by atoms with Crippen molar-refractivity contribution in [3.8, 4) is 22.5 Å². The number of imidazole rings is 1. The monoisotopic (exact) mass is 387 g/mol. The molecule has 2 amide bonds. The van der Waals surface area contributed by atoms with Gasteiger partial charge in [0.05, 0.1) is 11.4 Å². The average molecular weight is 387 g/mol. The van der Waals surface area contributed by atoms with Crippen molar-refractivity contribution in [1.29, 1.82) is 0 Å². The van der Waals surface area contributed by atoms with Gasteiger partial charge in [0.25, 0.3) is 0 Å². The summed E-state index contributed by atoms with van der Waals surface area (Å²) in [5, 5.41) is 2.78. The third-order valence-corrected chi connectivity index (χ3v) is 4.46. The molecule has 0 aliphatic rings. The summed E-state index contributed by atoms with van der Waals surface area (Å²) in [7, 11) is 1.68. The molecule has 4 aromatic rings. The van der Waals surface area contributed by atoms with Crippen LogP contribution < -0.4 is 10.2 Å². The van der Waals surface area contributed by atoms with E-state index in [9.17, 15) is 9.18 Å². The van der Waals surface area contributed by atoms with Crippen LogP contribution in [0.2, 0.25) is 0 Å². The maximum Gasteiger partial charge on any atom is 0.328 e. The first-order valence-corrected chi connectivity index (χ1v) is 8.98. The van der Waals surface area contributed by atoms with Crippen molar-refractivity contribution in [2.24, 2.45) is 0 Å².